The van der Waals surface area contributed by atoms with Crippen LogP contribution < -0.4 is 5.32 Å². The van der Waals surface area contributed by atoms with Crippen molar-refractivity contribution in [1.82, 2.24) is 10.2 Å². The molecule has 0 aromatic heterocycles. The molecule has 1 aliphatic carbocycles. The Morgan fingerprint density at radius 3 is 2.38 bits per heavy atom. The first-order valence-corrected chi connectivity index (χ1v) is 9.43. The van der Waals surface area contributed by atoms with E-state index in [1.54, 1.807) is 4.90 Å². The van der Waals surface area contributed by atoms with Crippen LogP contribution in [-0.2, 0) is 9.59 Å². The highest BCUT2D eigenvalue weighted by Gasteiger charge is 2.43. The number of likely N-dealkylation sites (tertiary alicyclic amines) is 1. The summed E-state index contributed by atoms with van der Waals surface area (Å²) in [6, 6.07) is -0.137. The van der Waals surface area contributed by atoms with Gasteiger partial charge < -0.3 is 5.32 Å². The van der Waals surface area contributed by atoms with Crippen molar-refractivity contribution in [3.8, 4) is 0 Å². The van der Waals surface area contributed by atoms with Gasteiger partial charge in [-0.3, -0.25) is 14.5 Å². The zero-order valence-electron chi connectivity index (χ0n) is 13.5. The maximum absolute atomic E-state index is 12.5. The minimum Gasteiger partial charge on any atom is -0.304 e. The van der Waals surface area contributed by atoms with Gasteiger partial charge in [0.15, 0.2) is 0 Å². The van der Waals surface area contributed by atoms with Crippen LogP contribution in [0, 0.1) is 0 Å². The summed E-state index contributed by atoms with van der Waals surface area (Å²) in [6.07, 6.45) is 8.86. The molecule has 1 unspecified atom stereocenters. The number of carbonyl (C=O) groups excluding carboxylic acids is 2. The van der Waals surface area contributed by atoms with E-state index < -0.39 is 0 Å². The lowest BCUT2D eigenvalue weighted by molar-refractivity contribution is -0.141. The molecule has 1 aliphatic heterocycles. The lowest BCUT2D eigenvalue weighted by Gasteiger charge is -2.31. The predicted octanol–water partition coefficient (Wildman–Crippen LogP) is 2.57. The zero-order valence-corrected chi connectivity index (χ0v) is 14.3. The van der Waals surface area contributed by atoms with Crippen LogP contribution in [0.3, 0.4) is 0 Å². The molecule has 4 nitrogen and oxygen atoms in total. The van der Waals surface area contributed by atoms with Crippen LogP contribution in [0.1, 0.15) is 58.8 Å². The van der Waals surface area contributed by atoms with Crippen LogP contribution >= 0.6 is 11.8 Å². The maximum atomic E-state index is 12.5. The third kappa shape index (κ3) is 3.45. The summed E-state index contributed by atoms with van der Waals surface area (Å²) >= 11 is 1.86. The molecule has 1 heterocycles. The first kappa shape index (κ1) is 16.8. The second kappa shape index (κ2) is 7.14. The number of rotatable bonds is 7. The number of amides is 2. The number of imide groups is 1. The molecule has 0 spiro atoms. The number of carbonyl (C=O) groups is 2. The molecule has 1 atom stereocenters. The normalized spacial score (nSPS) is 24.3. The Bertz CT molecular complexity index is 381. The number of hydrogen-bond donors (Lipinski definition) is 1. The van der Waals surface area contributed by atoms with E-state index in [-0.39, 0.29) is 28.6 Å². The summed E-state index contributed by atoms with van der Waals surface area (Å²) in [4.78, 5) is 26.3. The van der Waals surface area contributed by atoms with Gasteiger partial charge in [-0.1, -0.05) is 26.7 Å². The predicted molar refractivity (Wildman–Crippen MR) is 87.3 cm³/mol. The first-order chi connectivity index (χ1) is 10.1. The molecular weight excluding hydrogens is 284 g/mol. The Morgan fingerprint density at radius 2 is 1.86 bits per heavy atom. The van der Waals surface area contributed by atoms with Gasteiger partial charge >= 0.3 is 0 Å². The summed E-state index contributed by atoms with van der Waals surface area (Å²) in [5, 5.41) is 3.38. The molecule has 2 rings (SSSR count). The van der Waals surface area contributed by atoms with E-state index in [9.17, 15) is 9.59 Å². The topological polar surface area (TPSA) is 49.4 Å². The SMILES string of the molecule is CCC(CC)(CNC1CC(=O)N(C2CCCC2)C1=O)SC. The molecule has 1 saturated carbocycles. The number of thioether (sulfide) groups is 1. The zero-order chi connectivity index (χ0) is 15.5. The molecule has 0 radical (unpaired) electrons. The van der Waals surface area contributed by atoms with Gasteiger partial charge in [0, 0.05) is 17.3 Å². The van der Waals surface area contributed by atoms with Crippen LogP contribution in [0.4, 0.5) is 0 Å². The molecule has 0 aromatic rings. The standard InChI is InChI=1S/C16H28N2O2S/c1-4-16(5-2,21-3)11-17-13-10-14(19)18(15(13)20)12-8-6-7-9-12/h12-13,17H,4-11H2,1-3H3. The largest absolute Gasteiger partial charge is 0.304 e. The molecular formula is C16H28N2O2S. The van der Waals surface area contributed by atoms with Gasteiger partial charge in [0.25, 0.3) is 0 Å². The number of nitrogens with zero attached hydrogens (tertiary/aromatic N) is 1. The first-order valence-electron chi connectivity index (χ1n) is 8.21. The number of nitrogens with one attached hydrogen (secondary N) is 1. The van der Waals surface area contributed by atoms with Gasteiger partial charge in [0.1, 0.15) is 0 Å². The third-order valence-corrected chi connectivity index (χ3v) is 6.85. The third-order valence-electron chi connectivity index (χ3n) is 5.27. The van der Waals surface area contributed by atoms with E-state index >= 15 is 0 Å². The van der Waals surface area contributed by atoms with Crippen molar-refractivity contribution in [3.63, 3.8) is 0 Å². The van der Waals surface area contributed by atoms with Gasteiger partial charge in [-0.15, -0.1) is 0 Å². The van der Waals surface area contributed by atoms with Crippen LogP contribution in [0.5, 0.6) is 0 Å². The van der Waals surface area contributed by atoms with Crippen LogP contribution in [0.15, 0.2) is 0 Å². The van der Waals surface area contributed by atoms with Crippen LogP contribution in [-0.4, -0.2) is 46.3 Å². The van der Waals surface area contributed by atoms with E-state index in [0.29, 0.717) is 6.42 Å². The average molecular weight is 312 g/mol. The maximum Gasteiger partial charge on any atom is 0.247 e. The Balaban J connectivity index is 1.96. The second-order valence-electron chi connectivity index (χ2n) is 6.27. The van der Waals surface area contributed by atoms with Gasteiger partial charge in [-0.25, -0.2) is 0 Å². The van der Waals surface area contributed by atoms with E-state index in [0.717, 1.165) is 45.1 Å². The molecule has 5 heteroatoms. The average Bonchev–Trinajstić information content (AvgIpc) is 3.10. The van der Waals surface area contributed by atoms with Crippen molar-refractivity contribution in [1.29, 1.82) is 0 Å². The summed E-state index contributed by atoms with van der Waals surface area (Å²) < 4.78 is 0.171. The second-order valence-corrected chi connectivity index (χ2v) is 7.55. The Labute approximate surface area is 132 Å². The minimum absolute atomic E-state index is 0.00843. The molecule has 2 fully saturated rings. The highest BCUT2D eigenvalue weighted by atomic mass is 32.2. The molecule has 2 amide bonds. The van der Waals surface area contributed by atoms with E-state index in [1.165, 1.54) is 0 Å². The van der Waals surface area contributed by atoms with Gasteiger partial charge in [0.2, 0.25) is 11.8 Å². The summed E-state index contributed by atoms with van der Waals surface area (Å²) in [7, 11) is 0. The van der Waals surface area contributed by atoms with Crippen molar-refractivity contribution in [2.24, 2.45) is 0 Å². The molecule has 0 bridgehead atoms. The minimum atomic E-state index is -0.303. The number of hydrogen-bond acceptors (Lipinski definition) is 4. The van der Waals surface area contributed by atoms with E-state index in [2.05, 4.69) is 25.4 Å². The molecule has 0 aromatic carbocycles. The van der Waals surface area contributed by atoms with Crippen LogP contribution in [0.2, 0.25) is 0 Å². The molecule has 1 N–H and O–H groups in total. The Morgan fingerprint density at radius 1 is 1.24 bits per heavy atom. The monoisotopic (exact) mass is 312 g/mol. The molecule has 2 aliphatic rings. The Kier molecular flexibility index (Phi) is 5.72. The lowest BCUT2D eigenvalue weighted by atomic mass is 10.0. The smallest absolute Gasteiger partial charge is 0.247 e. The summed E-state index contributed by atoms with van der Waals surface area (Å²) in [5.74, 6) is 0.0289. The van der Waals surface area contributed by atoms with Crippen molar-refractivity contribution in [2.75, 3.05) is 12.8 Å². The van der Waals surface area contributed by atoms with Gasteiger partial charge in [-0.2, -0.15) is 11.8 Å². The quantitative estimate of drug-likeness (QED) is 0.734. The molecule has 21 heavy (non-hydrogen) atoms. The van der Waals surface area contributed by atoms with Crippen molar-refractivity contribution in [2.45, 2.75) is 75.6 Å². The highest BCUT2D eigenvalue weighted by Crippen LogP contribution is 2.31. The Hall–Kier alpha value is -0.550. The van der Waals surface area contributed by atoms with E-state index in [4.69, 9.17) is 0 Å². The van der Waals surface area contributed by atoms with E-state index in [1.807, 2.05) is 11.8 Å². The van der Waals surface area contributed by atoms with Crippen LogP contribution in [0.25, 0.3) is 0 Å². The molecule has 120 valence electrons. The van der Waals surface area contributed by atoms with Crippen molar-refractivity contribution >= 4 is 23.6 Å². The fourth-order valence-corrected chi connectivity index (χ4v) is 4.33. The van der Waals surface area contributed by atoms with Gasteiger partial charge in [-0.05, 0) is 31.9 Å². The highest BCUT2D eigenvalue weighted by molar-refractivity contribution is 8.00. The fourth-order valence-electron chi connectivity index (χ4n) is 3.53. The van der Waals surface area contributed by atoms with Gasteiger partial charge in [0.05, 0.1) is 12.5 Å². The van der Waals surface area contributed by atoms with Crippen molar-refractivity contribution < 1.29 is 9.59 Å². The molecule has 1 saturated heterocycles. The lowest BCUT2D eigenvalue weighted by Crippen LogP contribution is -2.47. The van der Waals surface area contributed by atoms with Crippen molar-refractivity contribution in [3.05, 3.63) is 0 Å². The summed E-state index contributed by atoms with van der Waals surface area (Å²) in [6.45, 7) is 5.17. The summed E-state index contributed by atoms with van der Waals surface area (Å²) in [5.41, 5.74) is 0. The fraction of sp³-hybridized carbons (Fsp3) is 0.875.